The van der Waals surface area contributed by atoms with Crippen molar-refractivity contribution >= 4 is 0 Å². The zero-order valence-corrected chi connectivity index (χ0v) is 8.71. The number of benzene rings is 1. The van der Waals surface area contributed by atoms with Gasteiger partial charge in [0.15, 0.2) is 0 Å². The molecule has 0 spiro atoms. The van der Waals surface area contributed by atoms with E-state index in [1.165, 1.54) is 13.2 Å². The van der Waals surface area contributed by atoms with Crippen molar-refractivity contribution in [3.8, 4) is 0 Å². The molecule has 2 rings (SSSR count). The molecule has 0 aliphatic heterocycles. The van der Waals surface area contributed by atoms with Gasteiger partial charge >= 0.3 is 0 Å². The molecule has 2 N–H and O–H groups in total. The van der Waals surface area contributed by atoms with Crippen molar-refractivity contribution in [2.45, 2.75) is 13.0 Å². The van der Waals surface area contributed by atoms with E-state index in [4.69, 9.17) is 10.2 Å². The normalized spacial score (nSPS) is 12.8. The molecule has 84 valence electrons. The molecule has 0 amide bonds. The fraction of sp³-hybridized carbons (Fsp3) is 0.167. The molecule has 1 aromatic heterocycles. The number of aryl methyl sites for hydroxylation is 1. The van der Waals surface area contributed by atoms with Gasteiger partial charge in [0.2, 0.25) is 0 Å². The Morgan fingerprint density at radius 3 is 2.62 bits per heavy atom. The molecule has 1 heterocycles. The molecule has 0 aliphatic rings. The Kier molecular flexibility index (Phi) is 2.75. The minimum Gasteiger partial charge on any atom is -0.467 e. The Labute approximate surface area is 91.7 Å². The molecule has 0 saturated heterocycles. The Morgan fingerprint density at radius 2 is 2.00 bits per heavy atom. The molecule has 2 aromatic rings. The van der Waals surface area contributed by atoms with E-state index in [1.54, 1.807) is 12.1 Å². The summed E-state index contributed by atoms with van der Waals surface area (Å²) in [6, 6.07) is 4.73. The van der Waals surface area contributed by atoms with Crippen LogP contribution >= 0.6 is 0 Å². The van der Waals surface area contributed by atoms with Crippen LogP contribution in [-0.4, -0.2) is 0 Å². The summed E-state index contributed by atoms with van der Waals surface area (Å²) in [6.07, 6.45) is 1.44. The highest BCUT2D eigenvalue weighted by Crippen LogP contribution is 2.24. The maximum atomic E-state index is 13.6. The summed E-state index contributed by atoms with van der Waals surface area (Å²) in [4.78, 5) is 0. The van der Waals surface area contributed by atoms with Crippen molar-refractivity contribution in [3.63, 3.8) is 0 Å². The summed E-state index contributed by atoms with van der Waals surface area (Å²) in [5.74, 6) is -0.594. The lowest BCUT2D eigenvalue weighted by molar-refractivity contribution is 0.478. The molecule has 0 bridgehead atoms. The second-order valence-electron chi connectivity index (χ2n) is 3.62. The molecule has 1 aromatic carbocycles. The van der Waals surface area contributed by atoms with Crippen molar-refractivity contribution in [2.75, 3.05) is 0 Å². The summed E-state index contributed by atoms with van der Waals surface area (Å²) < 4.78 is 32.0. The second kappa shape index (κ2) is 4.06. The summed E-state index contributed by atoms with van der Waals surface area (Å²) in [6.45, 7) is 1.50. The number of nitrogens with two attached hydrogens (primary N) is 1. The van der Waals surface area contributed by atoms with Crippen LogP contribution in [0.1, 0.15) is 22.9 Å². The summed E-state index contributed by atoms with van der Waals surface area (Å²) in [5, 5.41) is 0. The molecular weight excluding hydrogens is 212 g/mol. The quantitative estimate of drug-likeness (QED) is 0.850. The lowest BCUT2D eigenvalue weighted by atomic mass is 10.0. The molecule has 2 nitrogen and oxygen atoms in total. The van der Waals surface area contributed by atoms with E-state index in [2.05, 4.69) is 0 Å². The lowest BCUT2D eigenvalue weighted by Crippen LogP contribution is -2.13. The van der Waals surface area contributed by atoms with Gasteiger partial charge in [0.1, 0.15) is 17.4 Å². The molecule has 4 heteroatoms. The zero-order chi connectivity index (χ0) is 11.7. The first-order chi connectivity index (χ1) is 7.59. The van der Waals surface area contributed by atoms with Crippen molar-refractivity contribution in [3.05, 3.63) is 59.1 Å². The molecule has 0 saturated carbocycles. The van der Waals surface area contributed by atoms with E-state index in [1.807, 2.05) is 0 Å². The van der Waals surface area contributed by atoms with E-state index >= 15 is 0 Å². The average molecular weight is 223 g/mol. The van der Waals surface area contributed by atoms with Crippen LogP contribution < -0.4 is 5.73 Å². The molecule has 1 atom stereocenters. The van der Waals surface area contributed by atoms with Crippen molar-refractivity contribution in [2.24, 2.45) is 5.73 Å². The van der Waals surface area contributed by atoms with E-state index < -0.39 is 17.7 Å². The highest BCUT2D eigenvalue weighted by Gasteiger charge is 2.17. The van der Waals surface area contributed by atoms with E-state index in [0.717, 1.165) is 12.1 Å². The third-order valence-corrected chi connectivity index (χ3v) is 2.46. The molecule has 0 radical (unpaired) electrons. The maximum Gasteiger partial charge on any atom is 0.128 e. The smallest absolute Gasteiger partial charge is 0.128 e. The molecule has 0 fully saturated rings. The zero-order valence-electron chi connectivity index (χ0n) is 8.71. The van der Waals surface area contributed by atoms with Crippen LogP contribution in [0.3, 0.4) is 0 Å². The second-order valence-corrected chi connectivity index (χ2v) is 3.62. The third kappa shape index (κ3) is 1.84. The van der Waals surface area contributed by atoms with Crippen LogP contribution in [0.4, 0.5) is 8.78 Å². The maximum absolute atomic E-state index is 13.6. The van der Waals surface area contributed by atoms with Crippen LogP contribution in [0.15, 0.2) is 34.9 Å². The van der Waals surface area contributed by atoms with Gasteiger partial charge in [0.05, 0.1) is 12.3 Å². The largest absolute Gasteiger partial charge is 0.467 e. The Hall–Kier alpha value is -1.68. The van der Waals surface area contributed by atoms with E-state index in [-0.39, 0.29) is 11.1 Å². The minimum atomic E-state index is -0.787. The van der Waals surface area contributed by atoms with Crippen LogP contribution in [-0.2, 0) is 0 Å². The first kappa shape index (κ1) is 10.8. The number of furan rings is 1. The van der Waals surface area contributed by atoms with Crippen LogP contribution in [0.25, 0.3) is 0 Å². The average Bonchev–Trinajstić information content (AvgIpc) is 2.75. The summed E-state index contributed by atoms with van der Waals surface area (Å²) in [5.41, 5.74) is 6.13. The SMILES string of the molecule is Cc1cc(F)c(C(N)c2ccco2)cc1F. The van der Waals surface area contributed by atoms with Crippen LogP contribution in [0.5, 0.6) is 0 Å². The Balaban J connectivity index is 2.44. The van der Waals surface area contributed by atoms with Gasteiger partial charge < -0.3 is 10.2 Å². The molecule has 0 aliphatic carbocycles. The predicted octanol–water partition coefficient (Wildman–Crippen LogP) is 2.91. The fourth-order valence-electron chi connectivity index (χ4n) is 1.52. The molecule has 1 unspecified atom stereocenters. The van der Waals surface area contributed by atoms with Gasteiger partial charge in [0.25, 0.3) is 0 Å². The number of rotatable bonds is 2. The van der Waals surface area contributed by atoms with E-state index in [9.17, 15) is 8.78 Å². The third-order valence-electron chi connectivity index (χ3n) is 2.46. The minimum absolute atomic E-state index is 0.0954. The van der Waals surface area contributed by atoms with Gasteiger partial charge in [-0.1, -0.05) is 0 Å². The number of hydrogen-bond donors (Lipinski definition) is 1. The number of halogens is 2. The Bertz CT molecular complexity index is 494. The van der Waals surface area contributed by atoms with Crippen molar-refractivity contribution in [1.82, 2.24) is 0 Å². The van der Waals surface area contributed by atoms with E-state index in [0.29, 0.717) is 5.76 Å². The summed E-state index contributed by atoms with van der Waals surface area (Å²) >= 11 is 0. The first-order valence-corrected chi connectivity index (χ1v) is 4.84. The lowest BCUT2D eigenvalue weighted by Gasteiger charge is -2.11. The molecule has 16 heavy (non-hydrogen) atoms. The predicted molar refractivity (Wildman–Crippen MR) is 55.8 cm³/mol. The fourth-order valence-corrected chi connectivity index (χ4v) is 1.52. The number of hydrogen-bond acceptors (Lipinski definition) is 2. The Morgan fingerprint density at radius 1 is 1.25 bits per heavy atom. The van der Waals surface area contributed by atoms with Crippen molar-refractivity contribution < 1.29 is 13.2 Å². The summed E-state index contributed by atoms with van der Waals surface area (Å²) in [7, 11) is 0. The monoisotopic (exact) mass is 223 g/mol. The first-order valence-electron chi connectivity index (χ1n) is 4.84. The van der Waals surface area contributed by atoms with Gasteiger partial charge in [-0.3, -0.25) is 0 Å². The highest BCUT2D eigenvalue weighted by molar-refractivity contribution is 5.31. The van der Waals surface area contributed by atoms with Gasteiger partial charge in [-0.05, 0) is 36.8 Å². The van der Waals surface area contributed by atoms with Gasteiger partial charge in [-0.2, -0.15) is 0 Å². The standard InChI is InChI=1S/C12H11F2NO/c1-7-5-10(14)8(6-9(7)13)12(15)11-3-2-4-16-11/h2-6,12H,15H2,1H3. The highest BCUT2D eigenvalue weighted by atomic mass is 19.1. The van der Waals surface area contributed by atoms with Gasteiger partial charge in [-0.25, -0.2) is 8.78 Å². The van der Waals surface area contributed by atoms with Gasteiger partial charge in [-0.15, -0.1) is 0 Å². The molecular formula is C12H11F2NO. The topological polar surface area (TPSA) is 39.2 Å². The van der Waals surface area contributed by atoms with Crippen molar-refractivity contribution in [1.29, 1.82) is 0 Å². The van der Waals surface area contributed by atoms with Crippen LogP contribution in [0.2, 0.25) is 0 Å². The van der Waals surface area contributed by atoms with Gasteiger partial charge in [0, 0.05) is 5.56 Å². The van der Waals surface area contributed by atoms with Crippen LogP contribution in [0, 0.1) is 18.6 Å².